The highest BCUT2D eigenvalue weighted by atomic mass is 16.5. The number of hydrogen-bond donors (Lipinski definition) is 4. The fraction of sp³-hybridized carbons (Fsp3) is 0.795. The second-order valence-corrected chi connectivity index (χ2v) is 17.2. The molecule has 4 rings (SSSR count). The van der Waals surface area contributed by atoms with Crippen LogP contribution in [-0.4, -0.2) is 70.0 Å². The third kappa shape index (κ3) is 6.08. The van der Waals surface area contributed by atoms with Crippen LogP contribution in [0.15, 0.2) is 37.0 Å². The van der Waals surface area contributed by atoms with Crippen molar-refractivity contribution in [3.05, 3.63) is 37.0 Å². The monoisotopic (exact) mass is 658 g/mol. The van der Waals surface area contributed by atoms with Gasteiger partial charge < -0.3 is 29.9 Å². The lowest BCUT2D eigenvalue weighted by molar-refractivity contribution is -0.276. The molecule has 0 aromatic carbocycles. The van der Waals surface area contributed by atoms with Crippen LogP contribution in [0, 0.1) is 50.2 Å². The largest absolute Gasteiger partial charge is 0.462 e. The van der Waals surface area contributed by atoms with E-state index in [-0.39, 0.29) is 47.2 Å². The van der Waals surface area contributed by atoms with E-state index in [1.54, 1.807) is 26.0 Å². The average Bonchev–Trinajstić information content (AvgIpc) is 2.99. The number of esters is 2. The molecule has 0 aliphatic heterocycles. The van der Waals surface area contributed by atoms with Crippen molar-refractivity contribution in [1.82, 2.24) is 0 Å². The normalized spacial score (nSPS) is 46.4. The number of aliphatic hydroxyl groups excluding tert-OH is 4. The zero-order chi connectivity index (χ0) is 35.2. The van der Waals surface area contributed by atoms with Gasteiger partial charge in [-0.2, -0.15) is 0 Å². The number of ether oxygens (including phenoxy) is 2. The molecule has 0 radical (unpaired) electrons. The summed E-state index contributed by atoms with van der Waals surface area (Å²) in [5.41, 5.74) is -3.22. The summed E-state index contributed by atoms with van der Waals surface area (Å²) in [6.45, 7) is 20.7. The molecule has 12 atom stereocenters. The minimum atomic E-state index is -1.26. The van der Waals surface area contributed by atoms with Crippen LogP contribution < -0.4 is 0 Å². The smallest absolute Gasteiger partial charge is 0.330 e. The quantitative estimate of drug-likeness (QED) is 0.136. The zero-order valence-electron chi connectivity index (χ0n) is 30.1. The summed E-state index contributed by atoms with van der Waals surface area (Å²) in [6, 6.07) is 0. The summed E-state index contributed by atoms with van der Waals surface area (Å²) in [5, 5.41) is 46.7. The van der Waals surface area contributed by atoms with E-state index in [1.165, 1.54) is 12.2 Å². The molecule has 3 unspecified atom stereocenters. The highest BCUT2D eigenvalue weighted by Gasteiger charge is 2.70. The van der Waals surface area contributed by atoms with Crippen LogP contribution in [0.1, 0.15) is 107 Å². The first-order chi connectivity index (χ1) is 21.8. The summed E-state index contributed by atoms with van der Waals surface area (Å²) >= 11 is 0. The molecule has 4 aliphatic carbocycles. The molecule has 0 aromatic heterocycles. The van der Waals surface area contributed by atoms with E-state index in [0.717, 1.165) is 25.7 Å². The van der Waals surface area contributed by atoms with E-state index in [0.29, 0.717) is 25.7 Å². The number of hydrogen-bond acceptors (Lipinski definition) is 8. The number of fused-ring (bicyclic) bond motifs is 2. The molecule has 0 aromatic rings. The van der Waals surface area contributed by atoms with Gasteiger partial charge in [-0.05, 0) is 105 Å². The van der Waals surface area contributed by atoms with Crippen LogP contribution in [0.25, 0.3) is 0 Å². The second-order valence-electron chi connectivity index (χ2n) is 17.2. The van der Waals surface area contributed by atoms with Gasteiger partial charge in [0.1, 0.15) is 6.61 Å². The Morgan fingerprint density at radius 1 is 0.787 bits per heavy atom. The van der Waals surface area contributed by atoms with Gasteiger partial charge in [-0.1, -0.05) is 59.8 Å². The lowest BCUT2D eigenvalue weighted by Gasteiger charge is -2.70. The standard InChI is InChI=1S/C39H62O8/c1-10-13-27-36(7)18-17-28(40)37(8,23-46-30(42)14-11-2)26(36)16-19-38(27,9)35(6)21-25-20-34(4,5)32(44)33(45)39(25,29(41)22-35)24-47-31(43)15-12-3/h10-12,14-15,25-29,32-33,40-41,44-45H,1,13,16-24H2,2-9H3/b14-11+,15-12+/t25?,26?,27?,28-,29+,32-,33-,35-,36-,37+,38+,39-/m0/s1. The molecule has 8 nitrogen and oxygen atoms in total. The van der Waals surface area contributed by atoms with E-state index in [1.807, 2.05) is 19.9 Å². The third-order valence-electron chi connectivity index (χ3n) is 14.3. The van der Waals surface area contributed by atoms with E-state index in [2.05, 4.69) is 34.3 Å². The predicted molar refractivity (Wildman–Crippen MR) is 182 cm³/mol. The van der Waals surface area contributed by atoms with Gasteiger partial charge in [0.25, 0.3) is 0 Å². The van der Waals surface area contributed by atoms with Crippen LogP contribution in [0.5, 0.6) is 0 Å². The summed E-state index contributed by atoms with van der Waals surface area (Å²) < 4.78 is 11.4. The Morgan fingerprint density at radius 3 is 1.96 bits per heavy atom. The number of carbonyl (C=O) groups is 2. The van der Waals surface area contributed by atoms with Crippen molar-refractivity contribution in [2.24, 2.45) is 50.2 Å². The van der Waals surface area contributed by atoms with Crippen LogP contribution in [0.4, 0.5) is 0 Å². The molecular weight excluding hydrogens is 596 g/mol. The highest BCUT2D eigenvalue weighted by molar-refractivity contribution is 5.82. The van der Waals surface area contributed by atoms with Gasteiger partial charge in [0.2, 0.25) is 0 Å². The number of aliphatic hydroxyl groups is 4. The van der Waals surface area contributed by atoms with Crippen LogP contribution in [0.3, 0.4) is 0 Å². The second kappa shape index (κ2) is 13.4. The van der Waals surface area contributed by atoms with Crippen LogP contribution >= 0.6 is 0 Å². The van der Waals surface area contributed by atoms with E-state index in [4.69, 9.17) is 9.47 Å². The molecule has 8 heteroatoms. The molecule has 4 fully saturated rings. The average molecular weight is 659 g/mol. The van der Waals surface area contributed by atoms with Gasteiger partial charge in [-0.15, -0.1) is 6.58 Å². The van der Waals surface area contributed by atoms with Crippen LogP contribution in [-0.2, 0) is 19.1 Å². The zero-order valence-corrected chi connectivity index (χ0v) is 30.1. The molecule has 266 valence electrons. The maximum atomic E-state index is 12.5. The van der Waals surface area contributed by atoms with Gasteiger partial charge in [0.15, 0.2) is 0 Å². The number of rotatable bonds is 9. The highest BCUT2D eigenvalue weighted by Crippen LogP contribution is 2.73. The molecule has 0 spiro atoms. The van der Waals surface area contributed by atoms with Gasteiger partial charge in [0.05, 0.1) is 36.4 Å². The lowest BCUT2D eigenvalue weighted by Crippen LogP contribution is -2.70. The van der Waals surface area contributed by atoms with Crippen molar-refractivity contribution in [1.29, 1.82) is 0 Å². The fourth-order valence-corrected chi connectivity index (χ4v) is 11.4. The third-order valence-corrected chi connectivity index (χ3v) is 14.3. The summed E-state index contributed by atoms with van der Waals surface area (Å²) in [5.74, 6) is -0.880. The maximum Gasteiger partial charge on any atom is 0.330 e. The molecule has 0 heterocycles. The lowest BCUT2D eigenvalue weighted by atomic mass is 9.35. The minimum Gasteiger partial charge on any atom is -0.462 e. The molecule has 0 saturated heterocycles. The van der Waals surface area contributed by atoms with E-state index in [9.17, 15) is 30.0 Å². The summed E-state index contributed by atoms with van der Waals surface area (Å²) in [6.07, 6.45) is 9.61. The summed E-state index contributed by atoms with van der Waals surface area (Å²) in [4.78, 5) is 24.9. The van der Waals surface area contributed by atoms with Crippen molar-refractivity contribution in [3.63, 3.8) is 0 Å². The minimum absolute atomic E-state index is 0.100. The Labute approximate surface area is 282 Å². The van der Waals surface area contributed by atoms with Crippen molar-refractivity contribution in [3.8, 4) is 0 Å². The molecular formula is C39H62O8. The first kappa shape index (κ1) is 37.8. The molecule has 4 saturated carbocycles. The Bertz CT molecular complexity index is 1240. The molecule has 47 heavy (non-hydrogen) atoms. The number of carbonyl (C=O) groups excluding carboxylic acids is 2. The molecule has 4 aliphatic rings. The Morgan fingerprint density at radius 2 is 1.38 bits per heavy atom. The van der Waals surface area contributed by atoms with E-state index >= 15 is 0 Å². The number of allylic oxidation sites excluding steroid dienone is 3. The topological polar surface area (TPSA) is 134 Å². The van der Waals surface area contributed by atoms with Gasteiger partial charge in [0, 0.05) is 17.6 Å². The SMILES string of the molecule is C=CCC1[C@@]2(C)CC[C@H](O)[C@](C)(COC(=O)/C=C/C)C2CC[C@@]1(C)[C@@]1(C)CC2CC(C)(C)[C@@H](O)[C@H](O)[C@]2(COC(=O)/C=C/C)[C@H](O)C1. The predicted octanol–water partition coefficient (Wildman–Crippen LogP) is 5.92. The first-order valence-electron chi connectivity index (χ1n) is 17.7. The van der Waals surface area contributed by atoms with Crippen molar-refractivity contribution in [2.45, 2.75) is 131 Å². The van der Waals surface area contributed by atoms with Crippen molar-refractivity contribution < 1.29 is 39.5 Å². The molecule has 0 amide bonds. The van der Waals surface area contributed by atoms with Crippen molar-refractivity contribution >= 4 is 11.9 Å². The Kier molecular flexibility index (Phi) is 10.8. The fourth-order valence-electron chi connectivity index (χ4n) is 11.4. The van der Waals surface area contributed by atoms with Crippen molar-refractivity contribution in [2.75, 3.05) is 13.2 Å². The Balaban J connectivity index is 1.74. The maximum absolute atomic E-state index is 12.5. The van der Waals surface area contributed by atoms with E-state index < -0.39 is 52.6 Å². The van der Waals surface area contributed by atoms with Gasteiger partial charge >= 0.3 is 11.9 Å². The summed E-state index contributed by atoms with van der Waals surface area (Å²) in [7, 11) is 0. The first-order valence-corrected chi connectivity index (χ1v) is 17.7. The molecule has 0 bridgehead atoms. The van der Waals surface area contributed by atoms with Crippen LogP contribution in [0.2, 0.25) is 0 Å². The van der Waals surface area contributed by atoms with Gasteiger partial charge in [-0.25, -0.2) is 9.59 Å². The van der Waals surface area contributed by atoms with Gasteiger partial charge in [-0.3, -0.25) is 0 Å². The molecule has 4 N–H and O–H groups in total. The Hall–Kier alpha value is -2.00.